The summed E-state index contributed by atoms with van der Waals surface area (Å²) in [6, 6.07) is 9.70. The summed E-state index contributed by atoms with van der Waals surface area (Å²) in [6.45, 7) is 5.89. The SMILES string of the molecule is CC1CCCCN1CCOCCOC(=O)c1ccccc1. The lowest BCUT2D eigenvalue weighted by Crippen LogP contribution is -2.39. The van der Waals surface area contributed by atoms with Crippen LogP contribution in [0.2, 0.25) is 0 Å². The van der Waals surface area contributed by atoms with Gasteiger partial charge in [0.25, 0.3) is 0 Å². The molecule has 1 atom stereocenters. The average molecular weight is 291 g/mol. The van der Waals surface area contributed by atoms with Crippen LogP contribution in [0.3, 0.4) is 0 Å². The maximum Gasteiger partial charge on any atom is 0.338 e. The first-order valence-electron chi connectivity index (χ1n) is 7.81. The number of rotatable bonds is 7. The lowest BCUT2D eigenvalue weighted by molar-refractivity contribution is 0.0245. The third-order valence-electron chi connectivity index (χ3n) is 3.93. The molecule has 1 aliphatic rings. The van der Waals surface area contributed by atoms with Gasteiger partial charge in [-0.1, -0.05) is 24.6 Å². The summed E-state index contributed by atoms with van der Waals surface area (Å²) in [6.07, 6.45) is 3.92. The Bertz CT molecular complexity index is 421. The van der Waals surface area contributed by atoms with Crippen molar-refractivity contribution in [2.75, 3.05) is 32.9 Å². The highest BCUT2D eigenvalue weighted by Gasteiger charge is 2.17. The van der Waals surface area contributed by atoms with Gasteiger partial charge < -0.3 is 9.47 Å². The van der Waals surface area contributed by atoms with Crippen molar-refractivity contribution in [3.8, 4) is 0 Å². The summed E-state index contributed by atoms with van der Waals surface area (Å²) in [5.74, 6) is -0.288. The second kappa shape index (κ2) is 8.80. The van der Waals surface area contributed by atoms with Crippen LogP contribution in [0.15, 0.2) is 30.3 Å². The molecule has 1 aliphatic heterocycles. The molecular formula is C17H25NO3. The zero-order valence-electron chi connectivity index (χ0n) is 12.8. The third kappa shape index (κ3) is 5.48. The van der Waals surface area contributed by atoms with Gasteiger partial charge in [0, 0.05) is 12.6 Å². The van der Waals surface area contributed by atoms with Gasteiger partial charge in [-0.05, 0) is 38.4 Å². The van der Waals surface area contributed by atoms with Gasteiger partial charge in [-0.3, -0.25) is 4.90 Å². The van der Waals surface area contributed by atoms with Gasteiger partial charge >= 0.3 is 5.97 Å². The van der Waals surface area contributed by atoms with E-state index < -0.39 is 0 Å². The van der Waals surface area contributed by atoms with E-state index in [0.717, 1.165) is 6.54 Å². The molecule has 4 heteroatoms. The van der Waals surface area contributed by atoms with Crippen LogP contribution in [0.1, 0.15) is 36.5 Å². The van der Waals surface area contributed by atoms with Gasteiger partial charge in [-0.2, -0.15) is 0 Å². The summed E-state index contributed by atoms with van der Waals surface area (Å²) in [5, 5.41) is 0. The topological polar surface area (TPSA) is 38.8 Å². The van der Waals surface area contributed by atoms with E-state index in [2.05, 4.69) is 11.8 Å². The molecule has 0 bridgehead atoms. The molecule has 2 rings (SSSR count). The van der Waals surface area contributed by atoms with Crippen LogP contribution in [0.25, 0.3) is 0 Å². The van der Waals surface area contributed by atoms with E-state index in [1.165, 1.54) is 25.8 Å². The monoisotopic (exact) mass is 291 g/mol. The Labute approximate surface area is 127 Å². The smallest absolute Gasteiger partial charge is 0.338 e. The number of piperidine rings is 1. The van der Waals surface area contributed by atoms with Crippen LogP contribution < -0.4 is 0 Å². The first kappa shape index (κ1) is 16.0. The Morgan fingerprint density at radius 2 is 2.00 bits per heavy atom. The van der Waals surface area contributed by atoms with Crippen molar-refractivity contribution in [2.24, 2.45) is 0 Å². The van der Waals surface area contributed by atoms with Crippen molar-refractivity contribution in [2.45, 2.75) is 32.2 Å². The first-order valence-corrected chi connectivity index (χ1v) is 7.81. The molecule has 0 saturated carbocycles. The molecule has 1 aromatic rings. The van der Waals surface area contributed by atoms with E-state index in [0.29, 0.717) is 31.4 Å². The fourth-order valence-corrected chi connectivity index (χ4v) is 2.62. The second-order valence-corrected chi connectivity index (χ2v) is 5.50. The average Bonchev–Trinajstić information content (AvgIpc) is 2.53. The Morgan fingerprint density at radius 1 is 1.19 bits per heavy atom. The van der Waals surface area contributed by atoms with Crippen molar-refractivity contribution in [1.29, 1.82) is 0 Å². The number of hydrogen-bond acceptors (Lipinski definition) is 4. The zero-order chi connectivity index (χ0) is 14.9. The predicted molar refractivity (Wildman–Crippen MR) is 82.4 cm³/mol. The molecular weight excluding hydrogens is 266 g/mol. The summed E-state index contributed by atoms with van der Waals surface area (Å²) in [4.78, 5) is 14.2. The van der Waals surface area contributed by atoms with E-state index >= 15 is 0 Å². The van der Waals surface area contributed by atoms with E-state index in [1.807, 2.05) is 18.2 Å². The van der Waals surface area contributed by atoms with Gasteiger partial charge in [-0.15, -0.1) is 0 Å². The number of likely N-dealkylation sites (tertiary alicyclic amines) is 1. The largest absolute Gasteiger partial charge is 0.460 e. The minimum absolute atomic E-state index is 0.288. The number of carbonyl (C=O) groups excluding carboxylic acids is 1. The summed E-state index contributed by atoms with van der Waals surface area (Å²) in [5.41, 5.74) is 0.583. The molecule has 21 heavy (non-hydrogen) atoms. The molecule has 1 saturated heterocycles. The minimum Gasteiger partial charge on any atom is -0.460 e. The second-order valence-electron chi connectivity index (χ2n) is 5.50. The standard InChI is InChI=1S/C17H25NO3/c1-15-7-5-6-10-18(15)11-12-20-13-14-21-17(19)16-8-3-2-4-9-16/h2-4,8-9,15H,5-7,10-14H2,1H3. The molecule has 0 spiro atoms. The van der Waals surface area contributed by atoms with Crippen LogP contribution in [-0.4, -0.2) is 49.8 Å². The van der Waals surface area contributed by atoms with E-state index in [1.54, 1.807) is 12.1 Å². The van der Waals surface area contributed by atoms with E-state index in [4.69, 9.17) is 9.47 Å². The lowest BCUT2D eigenvalue weighted by Gasteiger charge is -2.33. The number of carbonyl (C=O) groups is 1. The Kier molecular flexibility index (Phi) is 6.70. The first-order chi connectivity index (χ1) is 10.3. The summed E-state index contributed by atoms with van der Waals surface area (Å²) < 4.78 is 10.7. The fraction of sp³-hybridized carbons (Fsp3) is 0.588. The molecule has 0 aliphatic carbocycles. The van der Waals surface area contributed by atoms with Crippen LogP contribution in [0.5, 0.6) is 0 Å². The summed E-state index contributed by atoms with van der Waals surface area (Å²) >= 11 is 0. The summed E-state index contributed by atoms with van der Waals surface area (Å²) in [7, 11) is 0. The molecule has 1 heterocycles. The van der Waals surface area contributed by atoms with Gasteiger partial charge in [0.15, 0.2) is 0 Å². The van der Waals surface area contributed by atoms with Crippen LogP contribution in [0, 0.1) is 0 Å². The van der Waals surface area contributed by atoms with Crippen molar-refractivity contribution < 1.29 is 14.3 Å². The molecule has 0 amide bonds. The Morgan fingerprint density at radius 3 is 2.76 bits per heavy atom. The molecule has 1 aromatic carbocycles. The number of esters is 1. The molecule has 0 radical (unpaired) electrons. The van der Waals surface area contributed by atoms with E-state index in [-0.39, 0.29) is 5.97 Å². The Hall–Kier alpha value is -1.39. The molecule has 0 aromatic heterocycles. The van der Waals surface area contributed by atoms with Crippen molar-refractivity contribution in [1.82, 2.24) is 4.90 Å². The molecule has 1 fully saturated rings. The third-order valence-corrected chi connectivity index (χ3v) is 3.93. The van der Waals surface area contributed by atoms with Crippen LogP contribution in [-0.2, 0) is 9.47 Å². The van der Waals surface area contributed by atoms with Crippen LogP contribution >= 0.6 is 0 Å². The molecule has 0 N–H and O–H groups in total. The number of nitrogens with zero attached hydrogens (tertiary/aromatic N) is 1. The highest BCUT2D eigenvalue weighted by Crippen LogP contribution is 2.15. The highest BCUT2D eigenvalue weighted by molar-refractivity contribution is 5.89. The predicted octanol–water partition coefficient (Wildman–Crippen LogP) is 2.73. The molecule has 4 nitrogen and oxygen atoms in total. The van der Waals surface area contributed by atoms with E-state index in [9.17, 15) is 4.79 Å². The van der Waals surface area contributed by atoms with Gasteiger partial charge in [0.1, 0.15) is 6.61 Å². The maximum atomic E-state index is 11.7. The quantitative estimate of drug-likeness (QED) is 0.572. The van der Waals surface area contributed by atoms with Crippen molar-refractivity contribution >= 4 is 5.97 Å². The normalized spacial score (nSPS) is 19.4. The van der Waals surface area contributed by atoms with Gasteiger partial charge in [-0.25, -0.2) is 4.79 Å². The fourth-order valence-electron chi connectivity index (χ4n) is 2.62. The highest BCUT2D eigenvalue weighted by atomic mass is 16.6. The number of benzene rings is 1. The lowest BCUT2D eigenvalue weighted by atomic mass is 10.0. The number of hydrogen-bond donors (Lipinski definition) is 0. The van der Waals surface area contributed by atoms with Crippen molar-refractivity contribution in [3.05, 3.63) is 35.9 Å². The zero-order valence-corrected chi connectivity index (χ0v) is 12.8. The van der Waals surface area contributed by atoms with Gasteiger partial charge in [0.05, 0.1) is 18.8 Å². The maximum absolute atomic E-state index is 11.7. The minimum atomic E-state index is -0.288. The molecule has 1 unspecified atom stereocenters. The number of ether oxygens (including phenoxy) is 2. The van der Waals surface area contributed by atoms with Gasteiger partial charge in [0.2, 0.25) is 0 Å². The van der Waals surface area contributed by atoms with Crippen LogP contribution in [0.4, 0.5) is 0 Å². The van der Waals surface area contributed by atoms with Crippen molar-refractivity contribution in [3.63, 3.8) is 0 Å². The molecule has 116 valence electrons. The Balaban J connectivity index is 1.53.